The Balaban J connectivity index is 1.56. The first-order valence-electron chi connectivity index (χ1n) is 8.89. The van der Waals surface area contributed by atoms with Crippen molar-refractivity contribution in [3.8, 4) is 5.75 Å². The molecule has 7 nitrogen and oxygen atoms in total. The third-order valence-corrected chi connectivity index (χ3v) is 5.38. The molecule has 2 atom stereocenters. The van der Waals surface area contributed by atoms with Crippen molar-refractivity contribution in [1.82, 2.24) is 29.0 Å². The second-order valence-corrected chi connectivity index (χ2v) is 7.11. The van der Waals surface area contributed by atoms with Gasteiger partial charge in [0, 0.05) is 29.9 Å². The van der Waals surface area contributed by atoms with Crippen molar-refractivity contribution in [2.45, 2.75) is 39.0 Å². The molecule has 0 spiro atoms. The lowest BCUT2D eigenvalue weighted by Gasteiger charge is -2.03. The topological polar surface area (TPSA) is 69.6 Å². The minimum absolute atomic E-state index is 0.173. The van der Waals surface area contributed by atoms with E-state index in [0.29, 0.717) is 5.65 Å². The molecule has 4 aromatic heterocycles. The molecule has 8 heteroatoms. The lowest BCUT2D eigenvalue weighted by atomic mass is 10.2. The Bertz CT molecular complexity index is 1170. The zero-order chi connectivity index (χ0) is 18.9. The third-order valence-electron chi connectivity index (χ3n) is 5.38. The molecule has 0 saturated heterocycles. The Labute approximate surface area is 154 Å². The van der Waals surface area contributed by atoms with E-state index in [1.54, 1.807) is 12.4 Å². The minimum atomic E-state index is -0.408. The van der Waals surface area contributed by atoms with Crippen LogP contribution in [0.5, 0.6) is 5.75 Å². The van der Waals surface area contributed by atoms with Gasteiger partial charge in [0.2, 0.25) is 0 Å². The van der Waals surface area contributed by atoms with E-state index in [1.807, 2.05) is 29.7 Å². The van der Waals surface area contributed by atoms with Crippen molar-refractivity contribution in [3.05, 3.63) is 52.9 Å². The van der Waals surface area contributed by atoms with Gasteiger partial charge in [-0.2, -0.15) is 5.10 Å². The Hall–Kier alpha value is -3.03. The van der Waals surface area contributed by atoms with Crippen LogP contribution in [-0.2, 0) is 0 Å². The molecule has 1 aliphatic carbocycles. The van der Waals surface area contributed by atoms with E-state index < -0.39 is 5.82 Å². The van der Waals surface area contributed by atoms with Gasteiger partial charge < -0.3 is 9.14 Å². The molecule has 0 radical (unpaired) electrons. The lowest BCUT2D eigenvalue weighted by molar-refractivity contribution is 0.388. The molecule has 0 aliphatic heterocycles. The molecule has 4 aromatic rings. The van der Waals surface area contributed by atoms with Gasteiger partial charge in [-0.1, -0.05) is 0 Å². The molecular formula is C19H19FN6O. The highest BCUT2D eigenvalue weighted by Crippen LogP contribution is 2.54. The van der Waals surface area contributed by atoms with Crippen molar-refractivity contribution < 1.29 is 9.13 Å². The van der Waals surface area contributed by atoms with Crippen molar-refractivity contribution >= 4 is 11.3 Å². The summed E-state index contributed by atoms with van der Waals surface area (Å²) in [4.78, 5) is 13.8. The average molecular weight is 366 g/mol. The number of hydrogen-bond acceptors (Lipinski definition) is 5. The SMILES string of the molecule is COc1c(F)ccn2c(C)c(C3CC3c3nc4c(C)ncc(C)n4n3)nc12. The number of fused-ring (bicyclic) bond motifs is 2. The van der Waals surface area contributed by atoms with Gasteiger partial charge in [0.25, 0.3) is 0 Å². The Morgan fingerprint density at radius 3 is 2.70 bits per heavy atom. The molecular weight excluding hydrogens is 347 g/mol. The molecule has 1 fully saturated rings. The van der Waals surface area contributed by atoms with E-state index in [1.165, 1.54) is 13.2 Å². The van der Waals surface area contributed by atoms with Crippen LogP contribution in [0.15, 0.2) is 18.5 Å². The van der Waals surface area contributed by atoms with Gasteiger partial charge >= 0.3 is 0 Å². The predicted octanol–water partition coefficient (Wildman–Crippen LogP) is 3.12. The van der Waals surface area contributed by atoms with Crippen LogP contribution in [0.2, 0.25) is 0 Å². The molecule has 5 rings (SSSR count). The molecule has 0 N–H and O–H groups in total. The molecule has 1 aliphatic rings. The number of nitrogens with zero attached hydrogens (tertiary/aromatic N) is 6. The number of ether oxygens (including phenoxy) is 1. The van der Waals surface area contributed by atoms with Gasteiger partial charge in [-0.3, -0.25) is 4.98 Å². The van der Waals surface area contributed by atoms with Crippen LogP contribution >= 0.6 is 0 Å². The van der Waals surface area contributed by atoms with Crippen LogP contribution in [0, 0.1) is 26.6 Å². The van der Waals surface area contributed by atoms with Gasteiger partial charge in [0.15, 0.2) is 28.7 Å². The summed E-state index contributed by atoms with van der Waals surface area (Å²) in [5, 5.41) is 4.69. The quantitative estimate of drug-likeness (QED) is 0.557. The van der Waals surface area contributed by atoms with Gasteiger partial charge in [-0.25, -0.2) is 18.9 Å². The summed E-state index contributed by atoms with van der Waals surface area (Å²) < 4.78 is 22.9. The molecule has 4 heterocycles. The second kappa shape index (κ2) is 5.48. The molecule has 2 unspecified atom stereocenters. The standard InChI is InChI=1S/C19H19FN6O/c1-9-8-21-10(2)18-23-17(24-26(9)18)13-7-12(13)15-11(3)25-6-5-14(20)16(27-4)19(25)22-15/h5-6,8,12-13H,7H2,1-4H3. The second-order valence-electron chi connectivity index (χ2n) is 7.11. The first-order valence-corrected chi connectivity index (χ1v) is 8.89. The number of methoxy groups -OCH3 is 1. The predicted molar refractivity (Wildman–Crippen MR) is 96.8 cm³/mol. The Morgan fingerprint density at radius 1 is 1.15 bits per heavy atom. The largest absolute Gasteiger partial charge is 0.490 e. The fraction of sp³-hybridized carbons (Fsp3) is 0.368. The number of imidazole rings is 1. The first-order chi connectivity index (χ1) is 13.0. The summed E-state index contributed by atoms with van der Waals surface area (Å²) in [6.07, 6.45) is 4.42. The molecule has 27 heavy (non-hydrogen) atoms. The summed E-state index contributed by atoms with van der Waals surface area (Å²) in [6, 6.07) is 1.40. The Kier molecular flexibility index (Phi) is 3.28. The van der Waals surface area contributed by atoms with Crippen molar-refractivity contribution in [2.75, 3.05) is 7.11 Å². The molecule has 0 aromatic carbocycles. The van der Waals surface area contributed by atoms with E-state index in [-0.39, 0.29) is 17.6 Å². The van der Waals surface area contributed by atoms with Crippen LogP contribution in [-0.4, -0.2) is 36.1 Å². The average Bonchev–Trinajstić information content (AvgIpc) is 3.18. The smallest absolute Gasteiger partial charge is 0.198 e. The first kappa shape index (κ1) is 16.2. The maximum atomic E-state index is 14.0. The Morgan fingerprint density at radius 2 is 1.96 bits per heavy atom. The molecule has 0 bridgehead atoms. The maximum Gasteiger partial charge on any atom is 0.198 e. The normalized spacial score (nSPS) is 19.1. The van der Waals surface area contributed by atoms with Crippen LogP contribution in [0.1, 0.15) is 46.9 Å². The number of aromatic nitrogens is 6. The van der Waals surface area contributed by atoms with E-state index in [9.17, 15) is 4.39 Å². The van der Waals surface area contributed by atoms with Crippen molar-refractivity contribution in [3.63, 3.8) is 0 Å². The number of pyridine rings is 1. The van der Waals surface area contributed by atoms with Crippen LogP contribution in [0.4, 0.5) is 4.39 Å². The highest BCUT2D eigenvalue weighted by molar-refractivity contribution is 5.58. The monoisotopic (exact) mass is 366 g/mol. The summed E-state index contributed by atoms with van der Waals surface area (Å²) in [6.45, 7) is 5.90. The number of hydrogen-bond donors (Lipinski definition) is 0. The van der Waals surface area contributed by atoms with E-state index in [4.69, 9.17) is 14.7 Å². The molecule has 138 valence electrons. The maximum absolute atomic E-state index is 14.0. The lowest BCUT2D eigenvalue weighted by Crippen LogP contribution is -1.97. The van der Waals surface area contributed by atoms with Crippen molar-refractivity contribution in [1.29, 1.82) is 0 Å². The highest BCUT2D eigenvalue weighted by Gasteiger charge is 2.45. The molecule has 1 saturated carbocycles. The van der Waals surface area contributed by atoms with Crippen LogP contribution < -0.4 is 4.74 Å². The van der Waals surface area contributed by atoms with E-state index in [2.05, 4.69) is 10.1 Å². The van der Waals surface area contributed by atoms with Gasteiger partial charge in [-0.15, -0.1) is 0 Å². The summed E-state index contributed by atoms with van der Waals surface area (Å²) in [5.41, 5.74) is 5.07. The zero-order valence-electron chi connectivity index (χ0n) is 15.6. The number of halogens is 1. The van der Waals surface area contributed by atoms with Gasteiger partial charge in [-0.05, 0) is 33.3 Å². The summed E-state index contributed by atoms with van der Waals surface area (Å²) >= 11 is 0. The summed E-state index contributed by atoms with van der Waals surface area (Å²) in [5.74, 6) is 1.02. The highest BCUT2D eigenvalue weighted by atomic mass is 19.1. The fourth-order valence-corrected chi connectivity index (χ4v) is 3.79. The fourth-order valence-electron chi connectivity index (χ4n) is 3.79. The van der Waals surface area contributed by atoms with Gasteiger partial charge in [0.05, 0.1) is 24.2 Å². The third kappa shape index (κ3) is 2.25. The minimum Gasteiger partial charge on any atom is -0.490 e. The molecule has 0 amide bonds. The zero-order valence-corrected chi connectivity index (χ0v) is 15.6. The van der Waals surface area contributed by atoms with Crippen LogP contribution in [0.25, 0.3) is 11.3 Å². The number of aryl methyl sites for hydroxylation is 3. The van der Waals surface area contributed by atoms with Gasteiger partial charge in [0.1, 0.15) is 0 Å². The summed E-state index contributed by atoms with van der Waals surface area (Å²) in [7, 11) is 1.46. The van der Waals surface area contributed by atoms with Crippen molar-refractivity contribution in [2.24, 2.45) is 0 Å². The van der Waals surface area contributed by atoms with E-state index in [0.717, 1.165) is 40.7 Å². The van der Waals surface area contributed by atoms with E-state index >= 15 is 0 Å². The van der Waals surface area contributed by atoms with Crippen LogP contribution in [0.3, 0.4) is 0 Å². The number of rotatable bonds is 3.